The van der Waals surface area contributed by atoms with E-state index in [-0.39, 0.29) is 0 Å². The zero-order valence-corrected chi connectivity index (χ0v) is 13.0. The minimum atomic E-state index is 0.854. The first-order chi connectivity index (χ1) is 10.2. The van der Waals surface area contributed by atoms with Gasteiger partial charge in [0.15, 0.2) is 0 Å². The van der Waals surface area contributed by atoms with E-state index in [1.54, 1.807) is 0 Å². The molecule has 1 aliphatic heterocycles. The lowest BCUT2D eigenvalue weighted by Crippen LogP contribution is -2.20. The molecule has 0 atom stereocenters. The molecule has 2 aromatic rings. The fraction of sp³-hybridized carbons (Fsp3) is 0.412. The Labute approximate surface area is 126 Å². The summed E-state index contributed by atoms with van der Waals surface area (Å²) in [5.41, 5.74) is 3.94. The quantitative estimate of drug-likeness (QED) is 0.934. The maximum absolute atomic E-state index is 4.77. The van der Waals surface area contributed by atoms with Gasteiger partial charge in [0.2, 0.25) is 0 Å². The fourth-order valence-corrected chi connectivity index (χ4v) is 2.84. The first-order valence-corrected chi connectivity index (χ1v) is 7.66. The summed E-state index contributed by atoms with van der Waals surface area (Å²) in [7, 11) is 0. The van der Waals surface area contributed by atoms with Crippen LogP contribution >= 0.6 is 0 Å². The van der Waals surface area contributed by atoms with Crippen LogP contribution in [0, 0.1) is 6.92 Å². The Kier molecular flexibility index (Phi) is 3.78. The van der Waals surface area contributed by atoms with Crippen molar-refractivity contribution in [3.8, 4) is 0 Å². The highest BCUT2D eigenvalue weighted by molar-refractivity contribution is 5.60. The van der Waals surface area contributed by atoms with Crippen molar-refractivity contribution in [1.82, 2.24) is 9.97 Å². The number of anilines is 2. The van der Waals surface area contributed by atoms with Gasteiger partial charge in [0, 0.05) is 31.6 Å². The summed E-state index contributed by atoms with van der Waals surface area (Å²) < 4.78 is 0. The van der Waals surface area contributed by atoms with E-state index >= 15 is 0 Å². The van der Waals surface area contributed by atoms with Gasteiger partial charge in [0.05, 0.1) is 0 Å². The minimum Gasteiger partial charge on any atom is -0.370 e. The Morgan fingerprint density at radius 3 is 2.33 bits per heavy atom. The van der Waals surface area contributed by atoms with E-state index in [1.165, 1.54) is 11.1 Å². The van der Waals surface area contributed by atoms with Gasteiger partial charge in [-0.05, 0) is 25.0 Å². The molecule has 0 amide bonds. The smallest absolute Gasteiger partial charge is 0.137 e. The number of fused-ring (bicyclic) bond motifs is 1. The molecule has 110 valence electrons. The standard InChI is InChI=1S/C17H22N4/c1-4-15-19-16(18-5-2)12(3)17(20-15)21-10-13-8-6-7-9-14(13)11-21/h6-9H,4-5,10-11H2,1-3H3,(H,18,19,20). The molecule has 0 bridgehead atoms. The van der Waals surface area contributed by atoms with Gasteiger partial charge in [0.1, 0.15) is 17.5 Å². The van der Waals surface area contributed by atoms with E-state index < -0.39 is 0 Å². The van der Waals surface area contributed by atoms with Crippen molar-refractivity contribution in [3.63, 3.8) is 0 Å². The Bertz CT molecular complexity index is 626. The molecule has 0 radical (unpaired) electrons. The highest BCUT2D eigenvalue weighted by Crippen LogP contribution is 2.31. The normalized spacial score (nSPS) is 13.4. The van der Waals surface area contributed by atoms with Crippen molar-refractivity contribution >= 4 is 11.6 Å². The zero-order valence-electron chi connectivity index (χ0n) is 13.0. The molecule has 3 rings (SSSR count). The van der Waals surface area contributed by atoms with E-state index in [4.69, 9.17) is 4.98 Å². The molecule has 1 aliphatic rings. The lowest BCUT2D eigenvalue weighted by molar-refractivity contribution is 0.820. The molecular weight excluding hydrogens is 260 g/mol. The van der Waals surface area contributed by atoms with Crippen LogP contribution in [0.5, 0.6) is 0 Å². The van der Waals surface area contributed by atoms with Crippen LogP contribution in [0.4, 0.5) is 11.6 Å². The summed E-state index contributed by atoms with van der Waals surface area (Å²) in [6, 6.07) is 8.63. The Morgan fingerprint density at radius 1 is 1.10 bits per heavy atom. The maximum Gasteiger partial charge on any atom is 0.137 e. The Balaban J connectivity index is 1.97. The van der Waals surface area contributed by atoms with E-state index in [0.717, 1.165) is 49.1 Å². The predicted molar refractivity (Wildman–Crippen MR) is 86.6 cm³/mol. The van der Waals surface area contributed by atoms with Gasteiger partial charge in [-0.15, -0.1) is 0 Å². The van der Waals surface area contributed by atoms with Gasteiger partial charge in [0.25, 0.3) is 0 Å². The molecule has 0 aliphatic carbocycles. The van der Waals surface area contributed by atoms with Crippen LogP contribution in [0.1, 0.15) is 36.4 Å². The third-order valence-electron chi connectivity index (χ3n) is 3.97. The topological polar surface area (TPSA) is 41.1 Å². The summed E-state index contributed by atoms with van der Waals surface area (Å²) in [5.74, 6) is 2.94. The summed E-state index contributed by atoms with van der Waals surface area (Å²) in [4.78, 5) is 11.7. The molecule has 0 saturated carbocycles. The third kappa shape index (κ3) is 2.58. The SMILES string of the molecule is CCNc1nc(CC)nc(N2Cc3ccccc3C2)c1C. The van der Waals surface area contributed by atoms with Crippen LogP contribution in [0.2, 0.25) is 0 Å². The van der Waals surface area contributed by atoms with Gasteiger partial charge >= 0.3 is 0 Å². The number of nitrogens with one attached hydrogen (secondary N) is 1. The summed E-state index contributed by atoms with van der Waals surface area (Å²) in [5, 5.41) is 3.36. The number of hydrogen-bond acceptors (Lipinski definition) is 4. The molecule has 1 N–H and O–H groups in total. The zero-order chi connectivity index (χ0) is 14.8. The molecule has 1 aromatic carbocycles. The van der Waals surface area contributed by atoms with Gasteiger partial charge < -0.3 is 10.2 Å². The summed E-state index contributed by atoms with van der Waals surface area (Å²) in [6.45, 7) is 9.05. The van der Waals surface area contributed by atoms with Crippen LogP contribution in [-0.4, -0.2) is 16.5 Å². The molecule has 21 heavy (non-hydrogen) atoms. The number of rotatable bonds is 4. The van der Waals surface area contributed by atoms with Crippen LogP contribution in [0.3, 0.4) is 0 Å². The minimum absolute atomic E-state index is 0.854. The lowest BCUT2D eigenvalue weighted by Gasteiger charge is -2.21. The van der Waals surface area contributed by atoms with Gasteiger partial charge in [-0.1, -0.05) is 31.2 Å². The van der Waals surface area contributed by atoms with Crippen molar-refractivity contribution in [1.29, 1.82) is 0 Å². The van der Waals surface area contributed by atoms with Crippen LogP contribution in [-0.2, 0) is 19.5 Å². The average Bonchev–Trinajstić information content (AvgIpc) is 2.93. The van der Waals surface area contributed by atoms with E-state index in [2.05, 4.69) is 60.2 Å². The average molecular weight is 282 g/mol. The van der Waals surface area contributed by atoms with Crippen molar-refractivity contribution in [2.45, 2.75) is 40.3 Å². The molecular formula is C17H22N4. The molecule has 0 saturated heterocycles. The monoisotopic (exact) mass is 282 g/mol. The first-order valence-electron chi connectivity index (χ1n) is 7.66. The maximum atomic E-state index is 4.77. The molecule has 0 unspecified atom stereocenters. The van der Waals surface area contributed by atoms with E-state index in [1.807, 2.05) is 0 Å². The molecule has 2 heterocycles. The van der Waals surface area contributed by atoms with E-state index in [0.29, 0.717) is 0 Å². The molecule has 1 aromatic heterocycles. The fourth-order valence-electron chi connectivity index (χ4n) is 2.84. The van der Waals surface area contributed by atoms with E-state index in [9.17, 15) is 0 Å². The third-order valence-corrected chi connectivity index (χ3v) is 3.97. The molecule has 4 nitrogen and oxygen atoms in total. The second-order valence-electron chi connectivity index (χ2n) is 5.45. The van der Waals surface area contributed by atoms with Crippen LogP contribution in [0.25, 0.3) is 0 Å². The highest BCUT2D eigenvalue weighted by Gasteiger charge is 2.23. The number of benzene rings is 1. The molecule has 0 spiro atoms. The van der Waals surface area contributed by atoms with Crippen molar-refractivity contribution < 1.29 is 0 Å². The number of hydrogen-bond donors (Lipinski definition) is 1. The number of aromatic nitrogens is 2. The number of aryl methyl sites for hydroxylation is 1. The molecule has 0 fully saturated rings. The van der Waals surface area contributed by atoms with Crippen molar-refractivity contribution in [3.05, 3.63) is 46.8 Å². The first kappa shape index (κ1) is 13.9. The largest absolute Gasteiger partial charge is 0.370 e. The predicted octanol–water partition coefficient (Wildman–Crippen LogP) is 3.30. The second-order valence-corrected chi connectivity index (χ2v) is 5.45. The second kappa shape index (κ2) is 5.72. The van der Waals surface area contributed by atoms with Crippen LogP contribution in [0.15, 0.2) is 24.3 Å². The van der Waals surface area contributed by atoms with Crippen molar-refractivity contribution in [2.75, 3.05) is 16.8 Å². The van der Waals surface area contributed by atoms with Gasteiger partial charge in [-0.3, -0.25) is 0 Å². The van der Waals surface area contributed by atoms with Gasteiger partial charge in [-0.2, -0.15) is 0 Å². The summed E-state index contributed by atoms with van der Waals surface area (Å²) >= 11 is 0. The lowest BCUT2D eigenvalue weighted by atomic mass is 10.1. The Hall–Kier alpha value is -2.10. The Morgan fingerprint density at radius 2 is 1.76 bits per heavy atom. The van der Waals surface area contributed by atoms with Crippen molar-refractivity contribution in [2.24, 2.45) is 0 Å². The molecule has 4 heteroatoms. The van der Waals surface area contributed by atoms with Gasteiger partial charge in [-0.25, -0.2) is 9.97 Å². The number of nitrogens with zero attached hydrogens (tertiary/aromatic N) is 3. The summed E-state index contributed by atoms with van der Waals surface area (Å²) in [6.07, 6.45) is 0.854. The van der Waals surface area contributed by atoms with Crippen LogP contribution < -0.4 is 10.2 Å². The highest BCUT2D eigenvalue weighted by atomic mass is 15.2.